The predicted octanol–water partition coefficient (Wildman–Crippen LogP) is 5.07. The van der Waals surface area contributed by atoms with Crippen molar-refractivity contribution in [3.05, 3.63) is 71.0 Å². The molecule has 2 nitrogen and oxygen atoms in total. The van der Waals surface area contributed by atoms with E-state index >= 15 is 0 Å². The van der Waals surface area contributed by atoms with E-state index in [1.807, 2.05) is 0 Å². The highest BCUT2D eigenvalue weighted by Crippen LogP contribution is 2.45. The topological polar surface area (TPSA) is 31.6 Å². The summed E-state index contributed by atoms with van der Waals surface area (Å²) < 4.78 is 0. The summed E-state index contributed by atoms with van der Waals surface area (Å²) in [6, 6.07) is 17.4. The lowest BCUT2D eigenvalue weighted by Crippen LogP contribution is -2.19. The van der Waals surface area contributed by atoms with Gasteiger partial charge in [0, 0.05) is 38.6 Å². The maximum atomic E-state index is 3.67. The fraction of sp³-hybridized carbons (Fsp3) is 0.238. The van der Waals surface area contributed by atoms with E-state index in [2.05, 4.69) is 72.3 Å². The Kier molecular flexibility index (Phi) is 2.42. The summed E-state index contributed by atoms with van der Waals surface area (Å²) in [4.78, 5) is 7.34. The Morgan fingerprint density at radius 1 is 0.696 bits per heavy atom. The average Bonchev–Trinajstić information content (AvgIpc) is 3.08. The molecule has 0 aliphatic heterocycles. The van der Waals surface area contributed by atoms with Gasteiger partial charge in [0.15, 0.2) is 0 Å². The van der Waals surface area contributed by atoms with E-state index in [0.29, 0.717) is 0 Å². The van der Waals surface area contributed by atoms with Crippen molar-refractivity contribution < 1.29 is 0 Å². The third-order valence-electron chi connectivity index (χ3n) is 5.44. The second-order valence-corrected chi connectivity index (χ2v) is 7.17. The van der Waals surface area contributed by atoms with E-state index in [1.54, 1.807) is 0 Å². The average molecular weight is 300 g/mol. The molecule has 0 amide bonds. The van der Waals surface area contributed by atoms with Crippen LogP contribution in [0.2, 0.25) is 0 Å². The predicted molar refractivity (Wildman–Crippen MR) is 96.1 cm³/mol. The minimum atomic E-state index is -0.0135. The molecule has 0 saturated heterocycles. The molecule has 0 radical (unpaired) electrons. The number of para-hydroxylation sites is 2. The molecule has 5 rings (SSSR count). The zero-order valence-corrected chi connectivity index (χ0v) is 13.5. The summed E-state index contributed by atoms with van der Waals surface area (Å²) in [6.45, 7) is 4.74. The fourth-order valence-electron chi connectivity index (χ4n) is 4.57. The zero-order chi connectivity index (χ0) is 15.6. The van der Waals surface area contributed by atoms with Crippen LogP contribution >= 0.6 is 0 Å². The van der Waals surface area contributed by atoms with E-state index in [1.165, 1.54) is 44.3 Å². The molecule has 2 aromatic carbocycles. The minimum absolute atomic E-state index is 0.0135. The standard InChI is InChI=1S/C21H20N2/c1-21(2)19-13-7-3-5-9-15(13)22-17(19)11-12-18-20(21)14-8-4-6-10-16(14)23-18/h3-10,22-23H,11-12H2,1-2H3. The third-order valence-corrected chi connectivity index (χ3v) is 5.44. The van der Waals surface area contributed by atoms with Crippen molar-refractivity contribution in [1.29, 1.82) is 0 Å². The molecule has 0 bridgehead atoms. The number of aryl methyl sites for hydroxylation is 2. The quantitative estimate of drug-likeness (QED) is 0.454. The number of rotatable bonds is 0. The molecule has 0 spiro atoms. The van der Waals surface area contributed by atoms with Crippen LogP contribution in [-0.2, 0) is 18.3 Å². The first-order valence-electron chi connectivity index (χ1n) is 8.36. The maximum Gasteiger partial charge on any atom is 0.0459 e. The van der Waals surface area contributed by atoms with Gasteiger partial charge in [0.2, 0.25) is 0 Å². The van der Waals surface area contributed by atoms with Gasteiger partial charge in [-0.15, -0.1) is 0 Å². The monoisotopic (exact) mass is 300 g/mol. The lowest BCUT2D eigenvalue weighted by molar-refractivity contribution is 0.648. The van der Waals surface area contributed by atoms with Gasteiger partial charge in [0.05, 0.1) is 0 Å². The van der Waals surface area contributed by atoms with Crippen LogP contribution in [0.15, 0.2) is 48.5 Å². The van der Waals surface area contributed by atoms with E-state index in [0.717, 1.165) is 12.8 Å². The van der Waals surface area contributed by atoms with E-state index in [-0.39, 0.29) is 5.41 Å². The van der Waals surface area contributed by atoms with E-state index in [9.17, 15) is 0 Å². The molecule has 23 heavy (non-hydrogen) atoms. The highest BCUT2D eigenvalue weighted by molar-refractivity contribution is 5.91. The number of fused-ring (bicyclic) bond motifs is 6. The molecule has 1 aliphatic rings. The first-order chi connectivity index (χ1) is 11.2. The molecular formula is C21H20N2. The molecule has 2 heteroatoms. The van der Waals surface area contributed by atoms with Gasteiger partial charge in [-0.3, -0.25) is 0 Å². The van der Waals surface area contributed by atoms with Crippen molar-refractivity contribution in [3.63, 3.8) is 0 Å². The molecule has 2 aromatic heterocycles. The minimum Gasteiger partial charge on any atom is -0.358 e. The van der Waals surface area contributed by atoms with Gasteiger partial charge in [-0.2, -0.15) is 0 Å². The SMILES string of the molecule is CC1(C)c2c([nH]c3ccccc23)CCc2[nH]c3ccccc3c21. The van der Waals surface area contributed by atoms with Gasteiger partial charge in [-0.25, -0.2) is 0 Å². The van der Waals surface area contributed by atoms with Crippen molar-refractivity contribution in [2.45, 2.75) is 32.1 Å². The molecule has 0 saturated carbocycles. The van der Waals surface area contributed by atoms with Crippen molar-refractivity contribution >= 4 is 21.8 Å². The number of aromatic nitrogens is 2. The summed E-state index contributed by atoms with van der Waals surface area (Å²) in [5.74, 6) is 0. The molecule has 2 heterocycles. The van der Waals surface area contributed by atoms with Crippen LogP contribution in [0.3, 0.4) is 0 Å². The molecule has 0 atom stereocenters. The van der Waals surface area contributed by atoms with Crippen molar-refractivity contribution in [2.24, 2.45) is 0 Å². The molecule has 114 valence electrons. The molecule has 1 aliphatic carbocycles. The second-order valence-electron chi connectivity index (χ2n) is 7.17. The number of nitrogens with one attached hydrogen (secondary N) is 2. The molecule has 0 unspecified atom stereocenters. The summed E-state index contributed by atoms with van der Waals surface area (Å²) >= 11 is 0. The van der Waals surface area contributed by atoms with Gasteiger partial charge in [-0.1, -0.05) is 50.2 Å². The maximum absolute atomic E-state index is 3.67. The summed E-state index contributed by atoms with van der Waals surface area (Å²) in [6.07, 6.45) is 2.13. The molecule has 4 aromatic rings. The van der Waals surface area contributed by atoms with Gasteiger partial charge < -0.3 is 9.97 Å². The van der Waals surface area contributed by atoms with Crippen LogP contribution in [0.5, 0.6) is 0 Å². The van der Waals surface area contributed by atoms with Crippen LogP contribution < -0.4 is 0 Å². The zero-order valence-electron chi connectivity index (χ0n) is 13.5. The number of hydrogen-bond acceptors (Lipinski definition) is 0. The number of aromatic amines is 2. The van der Waals surface area contributed by atoms with Gasteiger partial charge in [0.25, 0.3) is 0 Å². The van der Waals surface area contributed by atoms with E-state index < -0.39 is 0 Å². The first kappa shape index (κ1) is 13.0. The van der Waals surface area contributed by atoms with Crippen molar-refractivity contribution in [1.82, 2.24) is 9.97 Å². The van der Waals surface area contributed by atoms with Crippen molar-refractivity contribution in [3.8, 4) is 0 Å². The smallest absolute Gasteiger partial charge is 0.0459 e. The lowest BCUT2D eigenvalue weighted by atomic mass is 9.76. The van der Waals surface area contributed by atoms with Crippen LogP contribution in [-0.4, -0.2) is 9.97 Å². The summed E-state index contributed by atoms with van der Waals surface area (Å²) in [7, 11) is 0. The van der Waals surface area contributed by atoms with Crippen molar-refractivity contribution in [2.75, 3.05) is 0 Å². The fourth-order valence-corrected chi connectivity index (χ4v) is 4.57. The Bertz CT molecular complexity index is 962. The van der Waals surface area contributed by atoms with Crippen LogP contribution in [0.25, 0.3) is 21.8 Å². The van der Waals surface area contributed by atoms with Crippen LogP contribution in [0.1, 0.15) is 36.4 Å². The van der Waals surface area contributed by atoms with Gasteiger partial charge >= 0.3 is 0 Å². The Labute approximate surface area is 135 Å². The third kappa shape index (κ3) is 1.64. The Hall–Kier alpha value is -2.48. The van der Waals surface area contributed by atoms with E-state index in [4.69, 9.17) is 0 Å². The Balaban J connectivity index is 1.90. The molecule has 2 N–H and O–H groups in total. The second kappa shape index (κ2) is 4.29. The summed E-state index contributed by atoms with van der Waals surface area (Å²) in [5.41, 5.74) is 8.23. The summed E-state index contributed by atoms with van der Waals surface area (Å²) in [5, 5.41) is 2.73. The lowest BCUT2D eigenvalue weighted by Gasteiger charge is -2.26. The number of hydrogen-bond donors (Lipinski definition) is 2. The number of benzene rings is 2. The van der Waals surface area contributed by atoms with Gasteiger partial charge in [-0.05, 0) is 36.1 Å². The largest absolute Gasteiger partial charge is 0.358 e. The normalized spacial score (nSPS) is 16.3. The highest BCUT2D eigenvalue weighted by atomic mass is 14.8. The Morgan fingerprint density at radius 2 is 1.13 bits per heavy atom. The molecule has 0 fully saturated rings. The first-order valence-corrected chi connectivity index (χ1v) is 8.36. The number of H-pyrrole nitrogens is 2. The highest BCUT2D eigenvalue weighted by Gasteiger charge is 2.35. The van der Waals surface area contributed by atoms with Crippen LogP contribution in [0.4, 0.5) is 0 Å². The van der Waals surface area contributed by atoms with Gasteiger partial charge in [0.1, 0.15) is 0 Å². The molecular weight excluding hydrogens is 280 g/mol. The van der Waals surface area contributed by atoms with Crippen LogP contribution in [0, 0.1) is 0 Å². The Morgan fingerprint density at radius 3 is 1.61 bits per heavy atom.